The van der Waals surface area contributed by atoms with Crippen LogP contribution in [-0.2, 0) is 0 Å². The molecular formula is C14H19N3O. The molecule has 1 aliphatic heterocycles. The van der Waals surface area contributed by atoms with Crippen molar-refractivity contribution in [3.05, 3.63) is 18.0 Å². The van der Waals surface area contributed by atoms with Gasteiger partial charge in [0.1, 0.15) is 0 Å². The molecule has 1 saturated carbocycles. The topological polar surface area (TPSA) is 46.1 Å². The maximum absolute atomic E-state index is 10.6. The predicted molar refractivity (Wildman–Crippen MR) is 69.7 cm³/mol. The lowest BCUT2D eigenvalue weighted by Crippen LogP contribution is -2.47. The summed E-state index contributed by atoms with van der Waals surface area (Å²) >= 11 is 0. The smallest absolute Gasteiger partial charge is 0.225 e. The van der Waals surface area contributed by atoms with E-state index in [1.165, 1.54) is 38.5 Å². The van der Waals surface area contributed by atoms with Gasteiger partial charge in [-0.1, -0.05) is 12.8 Å². The van der Waals surface area contributed by atoms with Crippen molar-refractivity contribution in [2.45, 2.75) is 44.6 Å². The van der Waals surface area contributed by atoms with Crippen LogP contribution in [0.2, 0.25) is 0 Å². The van der Waals surface area contributed by atoms with E-state index in [2.05, 4.69) is 14.9 Å². The first-order chi connectivity index (χ1) is 8.88. The highest BCUT2D eigenvalue weighted by atomic mass is 16.1. The molecule has 0 bridgehead atoms. The fourth-order valence-electron chi connectivity index (χ4n) is 3.41. The number of piperidine rings is 1. The molecule has 18 heavy (non-hydrogen) atoms. The molecule has 2 fully saturated rings. The van der Waals surface area contributed by atoms with Gasteiger partial charge in [-0.2, -0.15) is 0 Å². The van der Waals surface area contributed by atoms with E-state index in [1.807, 2.05) is 0 Å². The molecule has 2 aliphatic rings. The lowest BCUT2D eigenvalue weighted by atomic mass is 9.78. The van der Waals surface area contributed by atoms with E-state index >= 15 is 0 Å². The van der Waals surface area contributed by atoms with Gasteiger partial charge in [-0.25, -0.2) is 9.97 Å². The largest absolute Gasteiger partial charge is 0.338 e. The highest BCUT2D eigenvalue weighted by Gasteiger charge is 2.34. The Balaban J connectivity index is 1.82. The fraction of sp³-hybridized carbons (Fsp3) is 0.643. The van der Waals surface area contributed by atoms with Crippen molar-refractivity contribution in [2.75, 3.05) is 11.4 Å². The molecule has 1 saturated heterocycles. The minimum atomic E-state index is 0.552. The van der Waals surface area contributed by atoms with E-state index in [-0.39, 0.29) is 0 Å². The number of fused-ring (bicyclic) bond motifs is 1. The molecule has 2 atom stereocenters. The quantitative estimate of drug-likeness (QED) is 0.751. The summed E-state index contributed by atoms with van der Waals surface area (Å²) in [6, 6.07) is 0.620. The second-order valence-corrected chi connectivity index (χ2v) is 5.38. The van der Waals surface area contributed by atoms with Gasteiger partial charge < -0.3 is 4.90 Å². The number of carbonyl (C=O) groups is 1. The molecule has 4 heteroatoms. The van der Waals surface area contributed by atoms with E-state index in [9.17, 15) is 4.79 Å². The third kappa shape index (κ3) is 2.11. The molecular weight excluding hydrogens is 226 g/mol. The maximum atomic E-state index is 10.6. The number of aromatic nitrogens is 2. The number of anilines is 1. The molecule has 4 nitrogen and oxygen atoms in total. The summed E-state index contributed by atoms with van der Waals surface area (Å²) in [5.74, 6) is 1.62. The molecule has 2 heterocycles. The normalized spacial score (nSPS) is 27.7. The summed E-state index contributed by atoms with van der Waals surface area (Å²) in [5, 5.41) is 0. The molecule has 1 aromatic rings. The first-order valence-corrected chi connectivity index (χ1v) is 6.92. The Kier molecular flexibility index (Phi) is 3.26. The van der Waals surface area contributed by atoms with Crippen LogP contribution in [-0.4, -0.2) is 28.8 Å². The minimum Gasteiger partial charge on any atom is -0.338 e. The Labute approximate surface area is 107 Å². The van der Waals surface area contributed by atoms with E-state index < -0.39 is 0 Å². The molecule has 0 N–H and O–H groups in total. The number of aldehydes is 1. The highest BCUT2D eigenvalue weighted by Crippen LogP contribution is 2.36. The van der Waals surface area contributed by atoms with E-state index in [0.29, 0.717) is 11.6 Å². The second-order valence-electron chi connectivity index (χ2n) is 5.38. The summed E-state index contributed by atoms with van der Waals surface area (Å²) in [5.41, 5.74) is 0.552. The van der Waals surface area contributed by atoms with Gasteiger partial charge in [0.25, 0.3) is 0 Å². The number of hydrogen-bond acceptors (Lipinski definition) is 4. The average molecular weight is 245 g/mol. The van der Waals surface area contributed by atoms with Gasteiger partial charge in [0.2, 0.25) is 5.95 Å². The van der Waals surface area contributed by atoms with E-state index in [1.54, 1.807) is 12.4 Å². The summed E-state index contributed by atoms with van der Waals surface area (Å²) in [6.07, 6.45) is 12.0. The van der Waals surface area contributed by atoms with Gasteiger partial charge in [-0.15, -0.1) is 0 Å². The Morgan fingerprint density at radius 2 is 1.83 bits per heavy atom. The highest BCUT2D eigenvalue weighted by molar-refractivity contribution is 5.73. The van der Waals surface area contributed by atoms with Gasteiger partial charge in [0.15, 0.2) is 6.29 Å². The molecule has 0 radical (unpaired) electrons. The average Bonchev–Trinajstić information content (AvgIpc) is 2.47. The van der Waals surface area contributed by atoms with Crippen molar-refractivity contribution in [1.82, 2.24) is 9.97 Å². The van der Waals surface area contributed by atoms with E-state index in [4.69, 9.17) is 0 Å². The number of carbonyl (C=O) groups excluding carboxylic acids is 1. The molecule has 2 unspecified atom stereocenters. The molecule has 3 rings (SSSR count). The fourth-order valence-corrected chi connectivity index (χ4v) is 3.41. The van der Waals surface area contributed by atoms with Crippen molar-refractivity contribution in [3.63, 3.8) is 0 Å². The van der Waals surface area contributed by atoms with Gasteiger partial charge in [-0.05, 0) is 31.6 Å². The van der Waals surface area contributed by atoms with Crippen LogP contribution in [0.4, 0.5) is 5.95 Å². The van der Waals surface area contributed by atoms with Crippen molar-refractivity contribution in [3.8, 4) is 0 Å². The van der Waals surface area contributed by atoms with Crippen LogP contribution in [0, 0.1) is 5.92 Å². The van der Waals surface area contributed by atoms with Gasteiger partial charge in [0.05, 0.1) is 5.56 Å². The monoisotopic (exact) mass is 245 g/mol. The molecule has 0 amide bonds. The zero-order chi connectivity index (χ0) is 12.4. The first-order valence-electron chi connectivity index (χ1n) is 6.92. The van der Waals surface area contributed by atoms with Crippen LogP contribution in [0.5, 0.6) is 0 Å². The Morgan fingerprint density at radius 1 is 1.11 bits per heavy atom. The van der Waals surface area contributed by atoms with Crippen LogP contribution in [0.3, 0.4) is 0 Å². The van der Waals surface area contributed by atoms with Crippen LogP contribution < -0.4 is 4.90 Å². The zero-order valence-electron chi connectivity index (χ0n) is 10.6. The first kappa shape index (κ1) is 11.6. The number of rotatable bonds is 2. The van der Waals surface area contributed by atoms with Crippen molar-refractivity contribution < 1.29 is 4.79 Å². The second kappa shape index (κ2) is 5.04. The van der Waals surface area contributed by atoms with Crippen molar-refractivity contribution in [1.29, 1.82) is 0 Å². The van der Waals surface area contributed by atoms with Crippen LogP contribution in [0.1, 0.15) is 48.9 Å². The standard InChI is InChI=1S/C14H19N3O/c18-10-11-8-15-14(16-9-11)17-7-3-5-12-4-1-2-6-13(12)17/h8-10,12-13H,1-7H2. The summed E-state index contributed by atoms with van der Waals surface area (Å²) < 4.78 is 0. The predicted octanol–water partition coefficient (Wildman–Crippen LogP) is 2.45. The van der Waals surface area contributed by atoms with Crippen LogP contribution in [0.25, 0.3) is 0 Å². The molecule has 0 spiro atoms. The van der Waals surface area contributed by atoms with Gasteiger partial charge in [0, 0.05) is 25.0 Å². The van der Waals surface area contributed by atoms with Crippen LogP contribution in [0.15, 0.2) is 12.4 Å². The van der Waals surface area contributed by atoms with Gasteiger partial charge >= 0.3 is 0 Å². The van der Waals surface area contributed by atoms with Crippen LogP contribution >= 0.6 is 0 Å². The van der Waals surface area contributed by atoms with Crippen molar-refractivity contribution >= 4 is 12.2 Å². The maximum Gasteiger partial charge on any atom is 0.225 e. The number of hydrogen-bond donors (Lipinski definition) is 0. The summed E-state index contributed by atoms with van der Waals surface area (Å²) in [7, 11) is 0. The zero-order valence-corrected chi connectivity index (χ0v) is 10.6. The SMILES string of the molecule is O=Cc1cnc(N2CCCC3CCCCC32)nc1. The third-order valence-corrected chi connectivity index (χ3v) is 4.29. The molecule has 1 aliphatic carbocycles. The van der Waals surface area contributed by atoms with Crippen molar-refractivity contribution in [2.24, 2.45) is 5.92 Å². The third-order valence-electron chi connectivity index (χ3n) is 4.29. The molecule has 1 aromatic heterocycles. The Morgan fingerprint density at radius 3 is 2.61 bits per heavy atom. The van der Waals surface area contributed by atoms with E-state index in [0.717, 1.165) is 24.7 Å². The number of nitrogens with zero attached hydrogens (tertiary/aromatic N) is 3. The Bertz CT molecular complexity index is 416. The van der Waals surface area contributed by atoms with Gasteiger partial charge in [-0.3, -0.25) is 4.79 Å². The lowest BCUT2D eigenvalue weighted by molar-refractivity contribution is 0.112. The summed E-state index contributed by atoms with van der Waals surface area (Å²) in [6.45, 7) is 1.06. The molecule has 96 valence electrons. The minimum absolute atomic E-state index is 0.552. The lowest BCUT2D eigenvalue weighted by Gasteiger charge is -2.44. The Hall–Kier alpha value is -1.45. The summed E-state index contributed by atoms with van der Waals surface area (Å²) in [4.78, 5) is 21.7. The molecule has 0 aromatic carbocycles.